The van der Waals surface area contributed by atoms with Gasteiger partial charge in [-0.25, -0.2) is 4.98 Å². The van der Waals surface area contributed by atoms with Gasteiger partial charge in [0, 0.05) is 31.9 Å². The van der Waals surface area contributed by atoms with E-state index in [1.165, 1.54) is 17.7 Å². The van der Waals surface area contributed by atoms with Crippen LogP contribution in [0.5, 0.6) is 0 Å². The Morgan fingerprint density at radius 3 is 2.95 bits per heavy atom. The maximum atomic E-state index is 8.82. The van der Waals surface area contributed by atoms with E-state index in [0.29, 0.717) is 11.6 Å². The number of hydrogen-bond donors (Lipinski definition) is 2. The molecule has 1 saturated heterocycles. The fraction of sp³-hybridized carbons (Fsp3) is 0.375. The molecule has 1 aromatic carbocycles. The van der Waals surface area contributed by atoms with Crippen molar-refractivity contribution < 1.29 is 0 Å². The number of nitrogens with zero attached hydrogens (tertiary/aromatic N) is 3. The van der Waals surface area contributed by atoms with Crippen LogP contribution in [0.2, 0.25) is 0 Å². The summed E-state index contributed by atoms with van der Waals surface area (Å²) in [6.07, 6.45) is 4.96. The number of nitriles is 1. The third kappa shape index (κ3) is 3.48. The lowest BCUT2D eigenvalue weighted by Crippen LogP contribution is -2.31. The van der Waals surface area contributed by atoms with E-state index >= 15 is 0 Å². The molecule has 0 saturated carbocycles. The molecule has 0 amide bonds. The minimum atomic E-state index is 0.559. The quantitative estimate of drug-likeness (QED) is 0.866. The van der Waals surface area contributed by atoms with E-state index in [-0.39, 0.29) is 0 Å². The second kappa shape index (κ2) is 6.53. The number of nitrogens with one attached hydrogen (secondary N) is 2. The van der Waals surface area contributed by atoms with Gasteiger partial charge in [-0.3, -0.25) is 0 Å². The van der Waals surface area contributed by atoms with E-state index in [2.05, 4.69) is 26.3 Å². The van der Waals surface area contributed by atoms with Crippen LogP contribution in [0.3, 0.4) is 0 Å². The lowest BCUT2D eigenvalue weighted by atomic mass is 10.1. The van der Waals surface area contributed by atoms with Gasteiger partial charge in [0.15, 0.2) is 0 Å². The monoisotopic (exact) mass is 281 g/mol. The van der Waals surface area contributed by atoms with Crippen LogP contribution >= 0.6 is 0 Å². The lowest BCUT2D eigenvalue weighted by Gasteiger charge is -2.13. The molecule has 108 valence electrons. The van der Waals surface area contributed by atoms with Gasteiger partial charge in [-0.2, -0.15) is 5.26 Å². The zero-order chi connectivity index (χ0) is 14.5. The third-order valence-electron chi connectivity index (χ3n) is 3.87. The molecule has 1 atom stereocenters. The standard InChI is InChI=1S/C16H19N5/c17-7-13-1-3-14(4-2-13)11-21-12-19-9-16(21)10-20-15-5-6-18-8-15/h1-4,9,12,15,18,20H,5-6,8,10-11H2/t15-/m0/s1. The zero-order valence-corrected chi connectivity index (χ0v) is 11.9. The number of imidazole rings is 1. The molecule has 0 unspecified atom stereocenters. The van der Waals surface area contributed by atoms with Crippen LogP contribution < -0.4 is 10.6 Å². The molecule has 0 aliphatic carbocycles. The SMILES string of the molecule is N#Cc1ccc(Cn2cncc2CN[C@H]2CCNC2)cc1. The fourth-order valence-electron chi connectivity index (χ4n) is 2.60. The molecule has 1 fully saturated rings. The Bertz CT molecular complexity index is 617. The van der Waals surface area contributed by atoms with Gasteiger partial charge in [-0.05, 0) is 30.7 Å². The Hall–Kier alpha value is -2.16. The van der Waals surface area contributed by atoms with Crippen molar-refractivity contribution in [2.24, 2.45) is 0 Å². The molecule has 0 spiro atoms. The predicted octanol–water partition coefficient (Wildman–Crippen LogP) is 1.25. The lowest BCUT2D eigenvalue weighted by molar-refractivity contribution is 0.530. The van der Waals surface area contributed by atoms with Gasteiger partial charge < -0.3 is 15.2 Å². The van der Waals surface area contributed by atoms with Crippen molar-refractivity contribution in [3.8, 4) is 6.07 Å². The van der Waals surface area contributed by atoms with Crippen molar-refractivity contribution in [2.75, 3.05) is 13.1 Å². The van der Waals surface area contributed by atoms with Crippen LogP contribution in [0.4, 0.5) is 0 Å². The first-order chi connectivity index (χ1) is 10.3. The average Bonchev–Trinajstić information content (AvgIpc) is 3.17. The van der Waals surface area contributed by atoms with Gasteiger partial charge in [0.2, 0.25) is 0 Å². The first kappa shape index (κ1) is 13.8. The summed E-state index contributed by atoms with van der Waals surface area (Å²) in [7, 11) is 0. The Labute approximate surface area is 124 Å². The predicted molar refractivity (Wildman–Crippen MR) is 80.6 cm³/mol. The van der Waals surface area contributed by atoms with Crippen molar-refractivity contribution in [3.05, 3.63) is 53.6 Å². The van der Waals surface area contributed by atoms with Gasteiger partial charge >= 0.3 is 0 Å². The molecule has 0 bridgehead atoms. The van der Waals surface area contributed by atoms with Crippen LogP contribution in [0, 0.1) is 11.3 Å². The molecular weight excluding hydrogens is 262 g/mol. The summed E-state index contributed by atoms with van der Waals surface area (Å²) >= 11 is 0. The average molecular weight is 281 g/mol. The maximum absolute atomic E-state index is 8.82. The largest absolute Gasteiger partial charge is 0.329 e. The molecule has 3 rings (SSSR count). The van der Waals surface area contributed by atoms with Crippen molar-refractivity contribution in [1.82, 2.24) is 20.2 Å². The third-order valence-corrected chi connectivity index (χ3v) is 3.87. The van der Waals surface area contributed by atoms with Gasteiger partial charge in [-0.1, -0.05) is 12.1 Å². The summed E-state index contributed by atoms with van der Waals surface area (Å²) < 4.78 is 2.15. The molecule has 0 radical (unpaired) electrons. The second-order valence-electron chi connectivity index (χ2n) is 5.39. The molecule has 2 heterocycles. The molecule has 2 aromatic rings. The highest BCUT2D eigenvalue weighted by atomic mass is 15.1. The van der Waals surface area contributed by atoms with E-state index in [9.17, 15) is 0 Å². The van der Waals surface area contributed by atoms with Crippen LogP contribution in [0.15, 0.2) is 36.8 Å². The van der Waals surface area contributed by atoms with E-state index in [1.54, 1.807) is 0 Å². The van der Waals surface area contributed by atoms with E-state index in [0.717, 1.165) is 26.2 Å². The topological polar surface area (TPSA) is 65.7 Å². The molecule has 1 aliphatic rings. The number of hydrogen-bond acceptors (Lipinski definition) is 4. The van der Waals surface area contributed by atoms with E-state index in [1.807, 2.05) is 36.8 Å². The van der Waals surface area contributed by atoms with Crippen molar-refractivity contribution >= 4 is 0 Å². The summed E-state index contributed by atoms with van der Waals surface area (Å²) in [5.74, 6) is 0. The summed E-state index contributed by atoms with van der Waals surface area (Å²) in [4.78, 5) is 4.25. The highest BCUT2D eigenvalue weighted by molar-refractivity contribution is 5.31. The number of benzene rings is 1. The Morgan fingerprint density at radius 1 is 1.38 bits per heavy atom. The van der Waals surface area contributed by atoms with Gasteiger partial charge in [0.25, 0.3) is 0 Å². The van der Waals surface area contributed by atoms with Gasteiger partial charge in [0.1, 0.15) is 0 Å². The second-order valence-corrected chi connectivity index (χ2v) is 5.39. The molecular formula is C16H19N5. The Morgan fingerprint density at radius 2 is 2.24 bits per heavy atom. The molecule has 5 heteroatoms. The minimum absolute atomic E-state index is 0.559. The Kier molecular flexibility index (Phi) is 4.29. The van der Waals surface area contributed by atoms with Crippen molar-refractivity contribution in [2.45, 2.75) is 25.6 Å². The molecule has 2 N–H and O–H groups in total. The molecule has 21 heavy (non-hydrogen) atoms. The number of rotatable bonds is 5. The first-order valence-electron chi connectivity index (χ1n) is 7.27. The van der Waals surface area contributed by atoms with Gasteiger partial charge in [-0.15, -0.1) is 0 Å². The van der Waals surface area contributed by atoms with Crippen LogP contribution in [0.25, 0.3) is 0 Å². The van der Waals surface area contributed by atoms with Crippen molar-refractivity contribution in [3.63, 3.8) is 0 Å². The summed E-state index contributed by atoms with van der Waals surface area (Å²) in [6, 6.07) is 10.4. The van der Waals surface area contributed by atoms with Crippen LogP contribution in [-0.4, -0.2) is 28.7 Å². The van der Waals surface area contributed by atoms with Gasteiger partial charge in [0.05, 0.1) is 23.7 Å². The van der Waals surface area contributed by atoms with Crippen LogP contribution in [0.1, 0.15) is 23.2 Å². The molecule has 5 nitrogen and oxygen atoms in total. The zero-order valence-electron chi connectivity index (χ0n) is 11.9. The van der Waals surface area contributed by atoms with Crippen LogP contribution in [-0.2, 0) is 13.1 Å². The number of aromatic nitrogens is 2. The van der Waals surface area contributed by atoms with Crippen molar-refractivity contribution in [1.29, 1.82) is 5.26 Å². The summed E-state index contributed by atoms with van der Waals surface area (Å²) in [5, 5.41) is 15.7. The smallest absolute Gasteiger partial charge is 0.0991 e. The minimum Gasteiger partial charge on any atom is -0.329 e. The normalized spacial score (nSPS) is 17.8. The maximum Gasteiger partial charge on any atom is 0.0991 e. The Balaban J connectivity index is 1.62. The highest BCUT2D eigenvalue weighted by Gasteiger charge is 2.14. The first-order valence-corrected chi connectivity index (χ1v) is 7.27. The molecule has 1 aliphatic heterocycles. The highest BCUT2D eigenvalue weighted by Crippen LogP contribution is 2.09. The van der Waals surface area contributed by atoms with E-state index in [4.69, 9.17) is 5.26 Å². The summed E-state index contributed by atoms with van der Waals surface area (Å²) in [6.45, 7) is 3.76. The summed E-state index contributed by atoms with van der Waals surface area (Å²) in [5.41, 5.74) is 3.06. The fourth-order valence-corrected chi connectivity index (χ4v) is 2.60. The molecule has 1 aromatic heterocycles. The van der Waals surface area contributed by atoms with E-state index < -0.39 is 0 Å².